The van der Waals surface area contributed by atoms with Crippen molar-refractivity contribution in [3.05, 3.63) is 74.2 Å². The third-order valence-electron chi connectivity index (χ3n) is 3.12. The first-order valence-electron chi connectivity index (χ1n) is 6.98. The molecular weight excluding hydrogens is 406 g/mol. The van der Waals surface area contributed by atoms with Gasteiger partial charge < -0.3 is 10.6 Å². The van der Waals surface area contributed by atoms with Crippen LogP contribution in [0.1, 0.15) is 20.7 Å². The van der Waals surface area contributed by atoms with Gasteiger partial charge in [-0.25, -0.2) is 0 Å². The normalized spacial score (nSPS) is 10.2. The average Bonchev–Trinajstić information content (AvgIpc) is 2.54. The molecule has 4 nitrogen and oxygen atoms in total. The lowest BCUT2D eigenvalue weighted by atomic mass is 10.1. The first-order chi connectivity index (χ1) is 11.8. The summed E-state index contributed by atoms with van der Waals surface area (Å²) in [6.45, 7) is 3.78. The van der Waals surface area contributed by atoms with E-state index in [1.54, 1.807) is 0 Å². The lowest BCUT2D eigenvalue weighted by Gasteiger charge is -2.14. The molecule has 2 amide bonds. The predicted molar refractivity (Wildman–Crippen MR) is 103 cm³/mol. The Balaban J connectivity index is 2.39. The van der Waals surface area contributed by atoms with Gasteiger partial charge in [0.1, 0.15) is 0 Å². The lowest BCUT2D eigenvalue weighted by Crippen LogP contribution is -2.25. The highest BCUT2D eigenvalue weighted by atomic mass is 35.5. The second kappa shape index (κ2) is 8.59. The van der Waals surface area contributed by atoms with Crippen LogP contribution in [0.3, 0.4) is 0 Å². The zero-order valence-corrected chi connectivity index (χ0v) is 15.7. The van der Waals surface area contributed by atoms with Crippen LogP contribution >= 0.6 is 46.4 Å². The van der Waals surface area contributed by atoms with Gasteiger partial charge in [-0.05, 0) is 30.3 Å². The zero-order valence-electron chi connectivity index (χ0n) is 12.7. The fraction of sp³-hybridized carbons (Fsp3) is 0.0588. The zero-order chi connectivity index (χ0) is 18.6. The van der Waals surface area contributed by atoms with Gasteiger partial charge in [0.15, 0.2) is 0 Å². The SMILES string of the molecule is C=CCNC(=O)c1cc(Cl)cc(Cl)c1NC(=O)c1ccc(Cl)cc1Cl. The van der Waals surface area contributed by atoms with Crippen molar-refractivity contribution in [1.29, 1.82) is 0 Å². The van der Waals surface area contributed by atoms with Crippen molar-refractivity contribution in [2.45, 2.75) is 0 Å². The highest BCUT2D eigenvalue weighted by Gasteiger charge is 2.19. The molecular formula is C17H12Cl4N2O2. The Hall–Kier alpha value is -1.72. The molecule has 2 rings (SSSR count). The quantitative estimate of drug-likeness (QED) is 0.633. The molecule has 0 atom stereocenters. The van der Waals surface area contributed by atoms with Crippen LogP contribution in [-0.2, 0) is 0 Å². The molecule has 8 heteroatoms. The molecule has 0 fully saturated rings. The van der Waals surface area contributed by atoms with Crippen LogP contribution in [0.2, 0.25) is 20.1 Å². The van der Waals surface area contributed by atoms with Gasteiger partial charge in [0.2, 0.25) is 0 Å². The predicted octanol–water partition coefficient (Wildman–Crippen LogP) is 5.47. The van der Waals surface area contributed by atoms with E-state index in [9.17, 15) is 9.59 Å². The molecule has 0 spiro atoms. The van der Waals surface area contributed by atoms with Crippen molar-refractivity contribution < 1.29 is 9.59 Å². The molecule has 2 aromatic carbocycles. The smallest absolute Gasteiger partial charge is 0.257 e. The number of hydrogen-bond acceptors (Lipinski definition) is 2. The maximum Gasteiger partial charge on any atom is 0.257 e. The van der Waals surface area contributed by atoms with E-state index >= 15 is 0 Å². The van der Waals surface area contributed by atoms with Crippen molar-refractivity contribution in [1.82, 2.24) is 5.32 Å². The first-order valence-corrected chi connectivity index (χ1v) is 8.49. The summed E-state index contributed by atoms with van der Waals surface area (Å²) in [6.07, 6.45) is 1.52. The molecule has 0 radical (unpaired) electrons. The van der Waals surface area contributed by atoms with Crippen LogP contribution in [0.15, 0.2) is 43.0 Å². The largest absolute Gasteiger partial charge is 0.349 e. The van der Waals surface area contributed by atoms with E-state index in [-0.39, 0.29) is 38.4 Å². The monoisotopic (exact) mass is 416 g/mol. The number of rotatable bonds is 5. The van der Waals surface area contributed by atoms with E-state index in [1.165, 1.54) is 36.4 Å². The third-order valence-corrected chi connectivity index (χ3v) is 4.18. The second-order valence-corrected chi connectivity index (χ2v) is 6.57. The van der Waals surface area contributed by atoms with Gasteiger partial charge in [-0.2, -0.15) is 0 Å². The van der Waals surface area contributed by atoms with Gasteiger partial charge in [-0.1, -0.05) is 52.5 Å². The molecule has 0 saturated carbocycles. The lowest BCUT2D eigenvalue weighted by molar-refractivity contribution is 0.0959. The molecule has 0 aromatic heterocycles. The molecule has 0 bridgehead atoms. The molecule has 2 N–H and O–H groups in total. The number of carbonyl (C=O) groups excluding carboxylic acids is 2. The van der Waals surface area contributed by atoms with E-state index in [4.69, 9.17) is 46.4 Å². The van der Waals surface area contributed by atoms with E-state index in [0.717, 1.165) is 0 Å². The van der Waals surface area contributed by atoms with Crippen LogP contribution in [0.5, 0.6) is 0 Å². The molecule has 130 valence electrons. The van der Waals surface area contributed by atoms with E-state index in [2.05, 4.69) is 17.2 Å². The molecule has 25 heavy (non-hydrogen) atoms. The highest BCUT2D eigenvalue weighted by Crippen LogP contribution is 2.31. The first kappa shape index (κ1) is 19.6. The van der Waals surface area contributed by atoms with Crippen molar-refractivity contribution in [2.24, 2.45) is 0 Å². The minimum atomic E-state index is -0.538. The Morgan fingerprint density at radius 1 is 0.920 bits per heavy atom. The van der Waals surface area contributed by atoms with Crippen LogP contribution in [0.25, 0.3) is 0 Å². The van der Waals surface area contributed by atoms with Crippen molar-refractivity contribution in [3.8, 4) is 0 Å². The average molecular weight is 418 g/mol. The summed E-state index contributed by atoms with van der Waals surface area (Å²) < 4.78 is 0. The van der Waals surface area contributed by atoms with Gasteiger partial charge in [-0.3, -0.25) is 9.59 Å². The maximum atomic E-state index is 12.5. The topological polar surface area (TPSA) is 58.2 Å². The Labute approximate surface area is 164 Å². The van der Waals surface area contributed by atoms with Gasteiger partial charge in [0.25, 0.3) is 11.8 Å². The third kappa shape index (κ3) is 4.89. The van der Waals surface area contributed by atoms with E-state index in [0.29, 0.717) is 5.02 Å². The maximum absolute atomic E-state index is 12.5. The van der Waals surface area contributed by atoms with Crippen LogP contribution in [0, 0.1) is 0 Å². The van der Waals surface area contributed by atoms with Crippen molar-refractivity contribution in [2.75, 3.05) is 11.9 Å². The number of halogens is 4. The Kier molecular flexibility index (Phi) is 6.73. The standard InChI is InChI=1S/C17H12Cl4N2O2/c1-2-5-22-16(24)12-6-10(19)8-14(21)15(12)23-17(25)11-4-3-9(18)7-13(11)20/h2-4,6-8H,1,5H2,(H,22,24)(H,23,25). The molecule has 0 heterocycles. The highest BCUT2D eigenvalue weighted by molar-refractivity contribution is 6.39. The van der Waals surface area contributed by atoms with Gasteiger partial charge >= 0.3 is 0 Å². The van der Waals surface area contributed by atoms with Gasteiger partial charge in [-0.15, -0.1) is 6.58 Å². The summed E-state index contributed by atoms with van der Waals surface area (Å²) in [6, 6.07) is 7.28. The molecule has 0 aliphatic carbocycles. The second-order valence-electron chi connectivity index (χ2n) is 4.89. The van der Waals surface area contributed by atoms with Crippen LogP contribution in [-0.4, -0.2) is 18.4 Å². The number of benzene rings is 2. The molecule has 0 aliphatic rings. The van der Waals surface area contributed by atoms with Crippen molar-refractivity contribution in [3.63, 3.8) is 0 Å². The minimum Gasteiger partial charge on any atom is -0.349 e. The van der Waals surface area contributed by atoms with Gasteiger partial charge in [0, 0.05) is 16.6 Å². The minimum absolute atomic E-state index is 0.120. The Morgan fingerprint density at radius 2 is 1.60 bits per heavy atom. The summed E-state index contributed by atoms with van der Waals surface area (Å²) in [7, 11) is 0. The number of nitrogens with one attached hydrogen (secondary N) is 2. The molecule has 0 unspecified atom stereocenters. The summed E-state index contributed by atoms with van der Waals surface area (Å²) in [5.74, 6) is -0.995. The summed E-state index contributed by atoms with van der Waals surface area (Å²) >= 11 is 24.0. The molecule has 0 aliphatic heterocycles. The summed E-state index contributed by atoms with van der Waals surface area (Å²) in [4.78, 5) is 24.8. The number of anilines is 1. The fourth-order valence-electron chi connectivity index (χ4n) is 1.99. The summed E-state index contributed by atoms with van der Waals surface area (Å²) in [5, 5.41) is 6.16. The number of amides is 2. The van der Waals surface area contributed by atoms with Crippen LogP contribution in [0.4, 0.5) is 5.69 Å². The van der Waals surface area contributed by atoms with E-state index in [1.807, 2.05) is 0 Å². The van der Waals surface area contributed by atoms with Crippen LogP contribution < -0.4 is 10.6 Å². The van der Waals surface area contributed by atoms with Gasteiger partial charge in [0.05, 0.1) is 26.9 Å². The van der Waals surface area contributed by atoms with Crippen molar-refractivity contribution >= 4 is 63.9 Å². The van der Waals surface area contributed by atoms with E-state index < -0.39 is 11.8 Å². The number of hydrogen-bond donors (Lipinski definition) is 2. The number of carbonyl (C=O) groups is 2. The Morgan fingerprint density at radius 3 is 2.24 bits per heavy atom. The fourth-order valence-corrected chi connectivity index (χ4v) is 3.03. The molecule has 2 aromatic rings. The Bertz CT molecular complexity index is 853. The summed E-state index contributed by atoms with van der Waals surface area (Å²) in [5.41, 5.74) is 0.441. The molecule has 0 saturated heterocycles.